The van der Waals surface area contributed by atoms with Gasteiger partial charge < -0.3 is 10.1 Å². The summed E-state index contributed by atoms with van der Waals surface area (Å²) < 4.78 is 5.60. The summed E-state index contributed by atoms with van der Waals surface area (Å²) in [5.74, 6) is 0.840. The van der Waals surface area contributed by atoms with Gasteiger partial charge in [-0.25, -0.2) is 0 Å². The molecule has 0 saturated carbocycles. The van der Waals surface area contributed by atoms with Crippen LogP contribution < -0.4 is 10.1 Å². The standard InChI is InChI=1S/C18H18N2O2/c1-14(21)16-5-7-17(8-6-16)20-11-2-12-22-18-9-3-15(13-19)4-10-18/h3-10,20H,2,11-12H2,1H3. The highest BCUT2D eigenvalue weighted by Gasteiger charge is 1.99. The summed E-state index contributed by atoms with van der Waals surface area (Å²) in [6.07, 6.45) is 0.856. The van der Waals surface area contributed by atoms with Gasteiger partial charge in [-0.1, -0.05) is 0 Å². The van der Waals surface area contributed by atoms with Crippen LogP contribution in [0.4, 0.5) is 5.69 Å². The van der Waals surface area contributed by atoms with Crippen molar-refractivity contribution in [2.24, 2.45) is 0 Å². The topological polar surface area (TPSA) is 62.1 Å². The smallest absolute Gasteiger partial charge is 0.159 e. The number of benzene rings is 2. The number of anilines is 1. The minimum absolute atomic E-state index is 0.0716. The Morgan fingerprint density at radius 1 is 1.14 bits per heavy atom. The number of hydrogen-bond acceptors (Lipinski definition) is 4. The fraction of sp³-hybridized carbons (Fsp3) is 0.222. The molecule has 0 heterocycles. The molecule has 0 fully saturated rings. The third kappa shape index (κ3) is 4.64. The second kappa shape index (κ2) is 7.84. The van der Waals surface area contributed by atoms with E-state index in [1.165, 1.54) is 0 Å². The van der Waals surface area contributed by atoms with Crippen LogP contribution in [0.5, 0.6) is 5.75 Å². The number of ether oxygens (including phenoxy) is 1. The molecule has 0 spiro atoms. The predicted octanol–water partition coefficient (Wildman–Crippen LogP) is 3.64. The van der Waals surface area contributed by atoms with Crippen molar-refractivity contribution in [1.82, 2.24) is 0 Å². The van der Waals surface area contributed by atoms with E-state index in [-0.39, 0.29) is 5.78 Å². The van der Waals surface area contributed by atoms with E-state index < -0.39 is 0 Å². The Bertz CT molecular complexity index is 655. The van der Waals surface area contributed by atoms with Gasteiger partial charge in [0.25, 0.3) is 0 Å². The zero-order valence-corrected chi connectivity index (χ0v) is 12.5. The molecule has 22 heavy (non-hydrogen) atoms. The highest BCUT2D eigenvalue weighted by atomic mass is 16.5. The van der Waals surface area contributed by atoms with Gasteiger partial charge in [0.15, 0.2) is 5.78 Å². The Hall–Kier alpha value is -2.80. The molecule has 2 aromatic carbocycles. The first kappa shape index (κ1) is 15.6. The maximum Gasteiger partial charge on any atom is 0.159 e. The maximum absolute atomic E-state index is 11.2. The van der Waals surface area contributed by atoms with Crippen LogP contribution in [0.1, 0.15) is 29.3 Å². The van der Waals surface area contributed by atoms with Crippen LogP contribution >= 0.6 is 0 Å². The quantitative estimate of drug-likeness (QED) is 0.625. The molecule has 2 rings (SSSR count). The van der Waals surface area contributed by atoms with E-state index in [2.05, 4.69) is 11.4 Å². The van der Waals surface area contributed by atoms with Gasteiger partial charge in [0.05, 0.1) is 18.2 Å². The van der Waals surface area contributed by atoms with Crippen LogP contribution in [0.2, 0.25) is 0 Å². The van der Waals surface area contributed by atoms with E-state index in [0.717, 1.165) is 30.0 Å². The van der Waals surface area contributed by atoms with Gasteiger partial charge >= 0.3 is 0 Å². The van der Waals surface area contributed by atoms with Crippen molar-refractivity contribution in [2.75, 3.05) is 18.5 Å². The summed E-state index contributed by atoms with van der Waals surface area (Å²) in [5, 5.41) is 12.0. The average Bonchev–Trinajstić information content (AvgIpc) is 2.55. The molecule has 0 amide bonds. The van der Waals surface area contributed by atoms with Gasteiger partial charge in [0.1, 0.15) is 5.75 Å². The van der Waals surface area contributed by atoms with Crippen molar-refractivity contribution < 1.29 is 9.53 Å². The van der Waals surface area contributed by atoms with Gasteiger partial charge in [0.2, 0.25) is 0 Å². The molecule has 0 bridgehead atoms. The van der Waals surface area contributed by atoms with Crippen molar-refractivity contribution in [3.63, 3.8) is 0 Å². The lowest BCUT2D eigenvalue weighted by Crippen LogP contribution is -2.07. The number of nitriles is 1. The molecule has 0 aromatic heterocycles. The Morgan fingerprint density at radius 2 is 1.82 bits per heavy atom. The molecule has 4 heteroatoms. The van der Waals surface area contributed by atoms with Crippen molar-refractivity contribution in [1.29, 1.82) is 5.26 Å². The predicted molar refractivity (Wildman–Crippen MR) is 86.2 cm³/mol. The van der Waals surface area contributed by atoms with E-state index >= 15 is 0 Å². The average molecular weight is 294 g/mol. The van der Waals surface area contributed by atoms with Gasteiger partial charge in [-0.3, -0.25) is 4.79 Å². The molecule has 112 valence electrons. The van der Waals surface area contributed by atoms with Crippen LogP contribution in [0.25, 0.3) is 0 Å². The SMILES string of the molecule is CC(=O)c1ccc(NCCCOc2ccc(C#N)cc2)cc1. The van der Waals surface area contributed by atoms with Crippen molar-refractivity contribution in [3.05, 3.63) is 59.7 Å². The number of rotatable bonds is 7. The zero-order valence-electron chi connectivity index (χ0n) is 12.5. The van der Waals surface area contributed by atoms with Crippen LogP contribution in [-0.4, -0.2) is 18.9 Å². The molecule has 0 radical (unpaired) electrons. The molecular weight excluding hydrogens is 276 g/mol. The third-order valence-electron chi connectivity index (χ3n) is 3.19. The highest BCUT2D eigenvalue weighted by Crippen LogP contribution is 2.12. The zero-order chi connectivity index (χ0) is 15.8. The molecule has 0 aliphatic carbocycles. The number of carbonyl (C=O) groups excluding carboxylic acids is 1. The summed E-state index contributed by atoms with van der Waals surface area (Å²) in [5.41, 5.74) is 2.33. The maximum atomic E-state index is 11.2. The Kier molecular flexibility index (Phi) is 5.56. The lowest BCUT2D eigenvalue weighted by atomic mass is 10.1. The Morgan fingerprint density at radius 3 is 2.41 bits per heavy atom. The van der Waals surface area contributed by atoms with Gasteiger partial charge in [-0.2, -0.15) is 5.26 Å². The summed E-state index contributed by atoms with van der Waals surface area (Å²) >= 11 is 0. The summed E-state index contributed by atoms with van der Waals surface area (Å²) in [6, 6.07) is 16.6. The van der Waals surface area contributed by atoms with Crippen LogP contribution in [0.3, 0.4) is 0 Å². The molecule has 2 aromatic rings. The number of hydrogen-bond donors (Lipinski definition) is 1. The van der Waals surface area contributed by atoms with Crippen molar-refractivity contribution in [2.45, 2.75) is 13.3 Å². The number of ketones is 1. The molecule has 0 unspecified atom stereocenters. The third-order valence-corrected chi connectivity index (χ3v) is 3.19. The first-order valence-corrected chi connectivity index (χ1v) is 7.17. The normalized spacial score (nSPS) is 9.82. The first-order valence-electron chi connectivity index (χ1n) is 7.17. The molecule has 0 aliphatic rings. The van der Waals surface area contributed by atoms with Crippen LogP contribution in [-0.2, 0) is 0 Å². The second-order valence-corrected chi connectivity index (χ2v) is 4.90. The molecule has 4 nitrogen and oxygen atoms in total. The lowest BCUT2D eigenvalue weighted by molar-refractivity contribution is 0.101. The van der Waals surface area contributed by atoms with Gasteiger partial charge in [0, 0.05) is 17.8 Å². The molecule has 0 aliphatic heterocycles. The number of nitrogens with zero attached hydrogens (tertiary/aromatic N) is 1. The van der Waals surface area contributed by atoms with Crippen molar-refractivity contribution >= 4 is 11.5 Å². The van der Waals surface area contributed by atoms with Crippen molar-refractivity contribution in [3.8, 4) is 11.8 Å². The minimum Gasteiger partial charge on any atom is -0.494 e. The van der Waals surface area contributed by atoms with Gasteiger partial charge in [-0.05, 0) is 61.9 Å². The molecule has 1 N–H and O–H groups in total. The van der Waals surface area contributed by atoms with E-state index in [9.17, 15) is 4.79 Å². The summed E-state index contributed by atoms with van der Waals surface area (Å²) in [6.45, 7) is 2.95. The van der Waals surface area contributed by atoms with Crippen LogP contribution in [0.15, 0.2) is 48.5 Å². The van der Waals surface area contributed by atoms with E-state index in [0.29, 0.717) is 12.2 Å². The number of Topliss-reactive ketones (excluding diaryl/α,β-unsaturated/α-hetero) is 1. The largest absolute Gasteiger partial charge is 0.494 e. The Balaban J connectivity index is 1.68. The first-order chi connectivity index (χ1) is 10.7. The summed E-state index contributed by atoms with van der Waals surface area (Å²) in [4.78, 5) is 11.2. The number of nitrogens with one attached hydrogen (secondary N) is 1. The number of carbonyl (C=O) groups is 1. The second-order valence-electron chi connectivity index (χ2n) is 4.90. The molecular formula is C18H18N2O2. The van der Waals surface area contributed by atoms with Gasteiger partial charge in [-0.15, -0.1) is 0 Å². The minimum atomic E-state index is 0.0716. The fourth-order valence-corrected chi connectivity index (χ4v) is 1.94. The molecule has 0 saturated heterocycles. The molecule has 0 atom stereocenters. The van der Waals surface area contributed by atoms with E-state index in [1.54, 1.807) is 31.2 Å². The Labute approximate surface area is 130 Å². The monoisotopic (exact) mass is 294 g/mol. The van der Waals surface area contributed by atoms with Crippen LogP contribution in [0, 0.1) is 11.3 Å². The summed E-state index contributed by atoms with van der Waals surface area (Å²) in [7, 11) is 0. The van der Waals surface area contributed by atoms with E-state index in [1.807, 2.05) is 24.3 Å². The van der Waals surface area contributed by atoms with E-state index in [4.69, 9.17) is 10.00 Å². The highest BCUT2D eigenvalue weighted by molar-refractivity contribution is 5.94. The fourth-order valence-electron chi connectivity index (χ4n) is 1.94. The lowest BCUT2D eigenvalue weighted by Gasteiger charge is -2.08.